The lowest BCUT2D eigenvalue weighted by atomic mass is 9.92. The predicted octanol–water partition coefficient (Wildman–Crippen LogP) is 5.21. The van der Waals surface area contributed by atoms with Crippen molar-refractivity contribution in [3.63, 3.8) is 0 Å². The van der Waals surface area contributed by atoms with E-state index < -0.39 is 0 Å². The van der Waals surface area contributed by atoms with E-state index in [2.05, 4.69) is 53.8 Å². The standard InChI is InChI=1S/C21H15NO/c23-18-12-11-13-5-1-2-8-15(13)20(18)21-16-9-3-6-14-7-4-10-17(22-21)19(14)16/h1-12,21-23H. The number of hydrogen-bond acceptors (Lipinski definition) is 2. The summed E-state index contributed by atoms with van der Waals surface area (Å²) in [5.74, 6) is 0.339. The topological polar surface area (TPSA) is 32.3 Å². The average molecular weight is 297 g/mol. The second-order valence-corrected chi connectivity index (χ2v) is 6.05. The summed E-state index contributed by atoms with van der Waals surface area (Å²) >= 11 is 0. The molecular weight excluding hydrogens is 282 g/mol. The van der Waals surface area contributed by atoms with E-state index in [9.17, 15) is 5.11 Å². The molecule has 2 nitrogen and oxygen atoms in total. The molecule has 4 aromatic rings. The summed E-state index contributed by atoms with van der Waals surface area (Å²) in [6.45, 7) is 0. The Balaban J connectivity index is 1.83. The van der Waals surface area contributed by atoms with E-state index >= 15 is 0 Å². The highest BCUT2D eigenvalue weighted by Gasteiger charge is 2.28. The third-order valence-corrected chi connectivity index (χ3v) is 4.78. The van der Waals surface area contributed by atoms with Crippen LogP contribution in [0.4, 0.5) is 5.69 Å². The molecule has 0 aliphatic carbocycles. The molecule has 2 N–H and O–H groups in total. The van der Waals surface area contributed by atoms with Crippen molar-refractivity contribution in [1.29, 1.82) is 0 Å². The zero-order chi connectivity index (χ0) is 15.4. The van der Waals surface area contributed by atoms with Gasteiger partial charge in [-0.1, -0.05) is 60.7 Å². The van der Waals surface area contributed by atoms with Gasteiger partial charge >= 0.3 is 0 Å². The summed E-state index contributed by atoms with van der Waals surface area (Å²) < 4.78 is 0. The Labute approximate surface area is 134 Å². The summed E-state index contributed by atoms with van der Waals surface area (Å²) in [6, 6.07) is 24.6. The fraction of sp³-hybridized carbons (Fsp3) is 0.0476. The Morgan fingerprint density at radius 1 is 0.739 bits per heavy atom. The van der Waals surface area contributed by atoms with Gasteiger partial charge in [0.05, 0.1) is 6.04 Å². The normalized spacial score (nSPS) is 15.9. The molecule has 0 saturated heterocycles. The Kier molecular flexibility index (Phi) is 2.45. The lowest BCUT2D eigenvalue weighted by Gasteiger charge is -2.18. The van der Waals surface area contributed by atoms with Crippen LogP contribution in [0.5, 0.6) is 5.75 Å². The highest BCUT2D eigenvalue weighted by Crippen LogP contribution is 2.46. The molecule has 1 heterocycles. The quantitative estimate of drug-likeness (QED) is 0.505. The number of phenolic OH excluding ortho intramolecular Hbond substituents is 1. The van der Waals surface area contributed by atoms with Gasteiger partial charge in [0.15, 0.2) is 0 Å². The van der Waals surface area contributed by atoms with E-state index in [1.807, 2.05) is 18.2 Å². The van der Waals surface area contributed by atoms with E-state index in [4.69, 9.17) is 0 Å². The summed E-state index contributed by atoms with van der Waals surface area (Å²) in [4.78, 5) is 0. The SMILES string of the molecule is Oc1ccc2ccccc2c1C1Nc2cccc3cccc1c23. The van der Waals surface area contributed by atoms with Gasteiger partial charge in [0, 0.05) is 16.6 Å². The zero-order valence-corrected chi connectivity index (χ0v) is 12.5. The van der Waals surface area contributed by atoms with Crippen LogP contribution in [0.15, 0.2) is 72.8 Å². The third-order valence-electron chi connectivity index (χ3n) is 4.78. The molecule has 0 bridgehead atoms. The minimum absolute atomic E-state index is 0.0257. The van der Waals surface area contributed by atoms with Gasteiger partial charge in [0.25, 0.3) is 0 Å². The number of fused-ring (bicyclic) bond motifs is 1. The minimum atomic E-state index is -0.0257. The molecule has 0 spiro atoms. The van der Waals surface area contributed by atoms with E-state index in [1.165, 1.54) is 16.3 Å². The van der Waals surface area contributed by atoms with E-state index in [1.54, 1.807) is 6.07 Å². The van der Waals surface area contributed by atoms with Crippen molar-refractivity contribution in [1.82, 2.24) is 0 Å². The molecule has 0 amide bonds. The van der Waals surface area contributed by atoms with Crippen molar-refractivity contribution >= 4 is 27.2 Å². The number of benzene rings is 4. The van der Waals surface area contributed by atoms with Gasteiger partial charge in [-0.25, -0.2) is 0 Å². The maximum absolute atomic E-state index is 10.6. The van der Waals surface area contributed by atoms with Crippen LogP contribution in [0.1, 0.15) is 17.2 Å². The van der Waals surface area contributed by atoms with Gasteiger partial charge in [-0.15, -0.1) is 0 Å². The van der Waals surface area contributed by atoms with Gasteiger partial charge in [-0.05, 0) is 33.9 Å². The largest absolute Gasteiger partial charge is 0.508 e. The fourth-order valence-corrected chi connectivity index (χ4v) is 3.78. The lowest BCUT2D eigenvalue weighted by molar-refractivity contribution is 0.468. The first-order chi connectivity index (χ1) is 11.3. The molecule has 0 radical (unpaired) electrons. The molecule has 0 saturated carbocycles. The van der Waals surface area contributed by atoms with Crippen LogP contribution < -0.4 is 5.32 Å². The number of hydrogen-bond donors (Lipinski definition) is 2. The van der Waals surface area contributed by atoms with Crippen molar-refractivity contribution in [2.24, 2.45) is 0 Å². The Morgan fingerprint density at radius 3 is 2.43 bits per heavy atom. The van der Waals surface area contributed by atoms with Crippen LogP contribution in [0, 0.1) is 0 Å². The highest BCUT2D eigenvalue weighted by atomic mass is 16.3. The van der Waals surface area contributed by atoms with Gasteiger partial charge in [-0.2, -0.15) is 0 Å². The van der Waals surface area contributed by atoms with Crippen LogP contribution in [0.3, 0.4) is 0 Å². The highest BCUT2D eigenvalue weighted by molar-refractivity contribution is 6.02. The molecule has 23 heavy (non-hydrogen) atoms. The molecule has 5 rings (SSSR count). The van der Waals surface area contributed by atoms with Crippen molar-refractivity contribution < 1.29 is 5.11 Å². The maximum atomic E-state index is 10.6. The Bertz CT molecular complexity index is 1060. The summed E-state index contributed by atoms with van der Waals surface area (Å²) in [7, 11) is 0. The van der Waals surface area contributed by atoms with Crippen LogP contribution in [-0.4, -0.2) is 5.11 Å². The van der Waals surface area contributed by atoms with Crippen molar-refractivity contribution in [2.45, 2.75) is 6.04 Å². The number of rotatable bonds is 1. The second-order valence-electron chi connectivity index (χ2n) is 6.05. The van der Waals surface area contributed by atoms with Gasteiger partial charge in [0.1, 0.15) is 5.75 Å². The first kappa shape index (κ1) is 12.5. The molecule has 4 aromatic carbocycles. The Morgan fingerprint density at radius 2 is 1.52 bits per heavy atom. The molecule has 1 aliphatic rings. The van der Waals surface area contributed by atoms with Crippen molar-refractivity contribution in [3.8, 4) is 5.75 Å². The monoisotopic (exact) mass is 297 g/mol. The van der Waals surface area contributed by atoms with Crippen LogP contribution in [0.25, 0.3) is 21.5 Å². The predicted molar refractivity (Wildman–Crippen MR) is 95.0 cm³/mol. The maximum Gasteiger partial charge on any atom is 0.121 e. The molecule has 1 aliphatic heterocycles. The molecule has 0 fully saturated rings. The molecular formula is C21H15NO. The number of nitrogens with one attached hydrogen (secondary N) is 1. The number of aromatic hydroxyl groups is 1. The van der Waals surface area contributed by atoms with E-state index in [0.29, 0.717) is 5.75 Å². The zero-order valence-electron chi connectivity index (χ0n) is 12.5. The summed E-state index contributed by atoms with van der Waals surface area (Å²) in [5, 5.41) is 18.9. The minimum Gasteiger partial charge on any atom is -0.508 e. The van der Waals surface area contributed by atoms with Gasteiger partial charge < -0.3 is 10.4 Å². The molecule has 2 heteroatoms. The van der Waals surface area contributed by atoms with E-state index in [0.717, 1.165) is 22.0 Å². The van der Waals surface area contributed by atoms with Crippen LogP contribution in [0.2, 0.25) is 0 Å². The molecule has 110 valence electrons. The lowest BCUT2D eigenvalue weighted by Crippen LogP contribution is -2.07. The fourth-order valence-electron chi connectivity index (χ4n) is 3.78. The Hall–Kier alpha value is -3.00. The van der Waals surface area contributed by atoms with Crippen LogP contribution in [-0.2, 0) is 0 Å². The van der Waals surface area contributed by atoms with E-state index in [-0.39, 0.29) is 6.04 Å². The number of phenols is 1. The summed E-state index contributed by atoms with van der Waals surface area (Å²) in [6.07, 6.45) is 0. The average Bonchev–Trinajstić information content (AvgIpc) is 2.96. The molecule has 1 atom stereocenters. The van der Waals surface area contributed by atoms with Crippen LogP contribution >= 0.6 is 0 Å². The van der Waals surface area contributed by atoms with Crippen molar-refractivity contribution in [2.75, 3.05) is 5.32 Å². The second kappa shape index (κ2) is 4.50. The molecule has 0 aromatic heterocycles. The first-order valence-electron chi connectivity index (χ1n) is 7.82. The van der Waals surface area contributed by atoms with Gasteiger partial charge in [0.2, 0.25) is 0 Å². The third kappa shape index (κ3) is 1.69. The summed E-state index contributed by atoms with van der Waals surface area (Å²) in [5.41, 5.74) is 3.31. The number of anilines is 1. The van der Waals surface area contributed by atoms with Gasteiger partial charge in [-0.3, -0.25) is 0 Å². The first-order valence-corrected chi connectivity index (χ1v) is 7.82. The molecule has 1 unspecified atom stereocenters. The van der Waals surface area contributed by atoms with Crippen molar-refractivity contribution in [3.05, 3.63) is 83.9 Å². The smallest absolute Gasteiger partial charge is 0.121 e.